The molecule has 4 aliphatic heterocycles. The highest BCUT2D eigenvalue weighted by molar-refractivity contribution is 6.74. The SMILES string of the molecule is COc1ccc(CO[C@H](C=O)C23C4CCN5CCCCCCCCCCC6(CO[C@@H](CCCO[Si](C)(C)C(C)(C)C)N2CC4C6)C53)cc1. The Morgan fingerprint density at radius 1 is 1.02 bits per heavy atom. The Hall–Kier alpha value is -1.29. The van der Waals surface area contributed by atoms with Gasteiger partial charge in [-0.3, -0.25) is 9.80 Å². The minimum absolute atomic E-state index is 0.0175. The molecule has 5 fully saturated rings. The van der Waals surface area contributed by atoms with E-state index in [9.17, 15) is 4.79 Å². The lowest BCUT2D eigenvalue weighted by Gasteiger charge is -2.64. The molecule has 6 rings (SSSR count). The molecule has 1 aromatic rings. The normalized spacial score (nSPS) is 34.0. The second kappa shape index (κ2) is 15.1. The molecule has 0 amide bonds. The molecule has 1 aliphatic carbocycles. The first-order valence-electron chi connectivity index (χ1n) is 19.5. The first kappa shape index (κ1) is 36.5. The summed E-state index contributed by atoms with van der Waals surface area (Å²) in [6, 6.07) is 8.38. The largest absolute Gasteiger partial charge is 0.497 e. The van der Waals surface area contributed by atoms with Crippen LogP contribution in [0.1, 0.15) is 110 Å². The van der Waals surface area contributed by atoms with Gasteiger partial charge in [-0.15, -0.1) is 0 Å². The molecule has 5 bridgehead atoms. The number of rotatable bonds is 11. The van der Waals surface area contributed by atoms with Crippen LogP contribution in [0.3, 0.4) is 0 Å². The van der Waals surface area contributed by atoms with Crippen molar-refractivity contribution in [1.29, 1.82) is 0 Å². The van der Waals surface area contributed by atoms with Crippen molar-refractivity contribution in [2.45, 2.75) is 153 Å². The number of piperidine rings is 1. The number of carbonyl (C=O) groups excluding carboxylic acids is 1. The Labute approximate surface area is 292 Å². The molecular weight excluding hydrogens is 617 g/mol. The van der Waals surface area contributed by atoms with Crippen LogP contribution in [0, 0.1) is 17.3 Å². The van der Waals surface area contributed by atoms with Crippen LogP contribution in [0.15, 0.2) is 24.3 Å². The second-order valence-electron chi connectivity index (χ2n) is 17.5. The van der Waals surface area contributed by atoms with Crippen molar-refractivity contribution < 1.29 is 23.4 Å². The van der Waals surface area contributed by atoms with E-state index in [2.05, 4.69) is 55.8 Å². The highest BCUT2D eigenvalue weighted by atomic mass is 28.4. The Morgan fingerprint density at radius 2 is 1.73 bits per heavy atom. The molecule has 5 aliphatic rings. The first-order chi connectivity index (χ1) is 23.1. The van der Waals surface area contributed by atoms with E-state index in [1.54, 1.807) is 7.11 Å². The van der Waals surface area contributed by atoms with Crippen LogP contribution in [0.25, 0.3) is 0 Å². The maximum atomic E-state index is 13.6. The molecular formula is C40H66N2O5Si. The summed E-state index contributed by atoms with van der Waals surface area (Å²) in [5.41, 5.74) is 0.742. The fraction of sp³-hybridized carbons (Fsp3) is 0.825. The zero-order valence-electron chi connectivity index (χ0n) is 31.1. The molecule has 0 aromatic heterocycles. The Balaban J connectivity index is 1.34. The predicted octanol–water partition coefficient (Wildman–Crippen LogP) is 8.21. The quantitative estimate of drug-likeness (QED) is 0.132. The summed E-state index contributed by atoms with van der Waals surface area (Å²) in [5, 5.41) is 0.198. The van der Waals surface area contributed by atoms with Gasteiger partial charge in [-0.25, -0.2) is 0 Å². The summed E-state index contributed by atoms with van der Waals surface area (Å²) in [5.74, 6) is 1.87. The minimum Gasteiger partial charge on any atom is -0.497 e. The average Bonchev–Trinajstić information content (AvgIpc) is 3.26. The highest BCUT2D eigenvalue weighted by Crippen LogP contribution is 2.65. The average molecular weight is 683 g/mol. The molecule has 48 heavy (non-hydrogen) atoms. The molecule has 7 atom stereocenters. The lowest BCUT2D eigenvalue weighted by atomic mass is 9.51. The van der Waals surface area contributed by atoms with Gasteiger partial charge in [-0.2, -0.15) is 0 Å². The second-order valence-corrected chi connectivity index (χ2v) is 22.3. The van der Waals surface area contributed by atoms with Gasteiger partial charge in [0.2, 0.25) is 0 Å². The fourth-order valence-corrected chi connectivity index (χ4v) is 11.5. The Bertz CT molecular complexity index is 1210. The van der Waals surface area contributed by atoms with Crippen molar-refractivity contribution in [2.75, 3.05) is 40.0 Å². The monoisotopic (exact) mass is 682 g/mol. The minimum atomic E-state index is -1.82. The van der Waals surface area contributed by atoms with Gasteiger partial charge in [0.25, 0.3) is 0 Å². The number of carbonyl (C=O) groups is 1. The van der Waals surface area contributed by atoms with E-state index in [-0.39, 0.29) is 28.3 Å². The molecule has 5 unspecified atom stereocenters. The fourth-order valence-electron chi connectivity index (χ4n) is 10.4. The molecule has 0 spiro atoms. The van der Waals surface area contributed by atoms with Crippen LogP contribution in [0.5, 0.6) is 5.75 Å². The molecule has 0 radical (unpaired) electrons. The van der Waals surface area contributed by atoms with E-state index in [0.717, 1.165) is 63.4 Å². The summed E-state index contributed by atoms with van der Waals surface area (Å²) >= 11 is 0. The van der Waals surface area contributed by atoms with Crippen molar-refractivity contribution in [3.05, 3.63) is 29.8 Å². The number of hydrogen-bond acceptors (Lipinski definition) is 7. The van der Waals surface area contributed by atoms with E-state index in [4.69, 9.17) is 18.6 Å². The van der Waals surface area contributed by atoms with Gasteiger partial charge in [-0.05, 0) is 99.3 Å². The number of aldehydes is 1. The Morgan fingerprint density at radius 3 is 2.42 bits per heavy atom. The number of benzene rings is 1. The van der Waals surface area contributed by atoms with Crippen LogP contribution in [0.2, 0.25) is 18.1 Å². The van der Waals surface area contributed by atoms with Crippen molar-refractivity contribution >= 4 is 14.6 Å². The van der Waals surface area contributed by atoms with Gasteiger partial charge >= 0.3 is 0 Å². The predicted molar refractivity (Wildman–Crippen MR) is 195 cm³/mol. The third-order valence-electron chi connectivity index (χ3n) is 13.7. The maximum Gasteiger partial charge on any atom is 0.191 e. The van der Waals surface area contributed by atoms with Crippen molar-refractivity contribution in [1.82, 2.24) is 9.80 Å². The molecule has 0 N–H and O–H groups in total. The van der Waals surface area contributed by atoms with Crippen molar-refractivity contribution in [3.8, 4) is 5.75 Å². The van der Waals surface area contributed by atoms with Crippen LogP contribution in [-0.4, -0.2) is 88.3 Å². The number of methoxy groups -OCH3 is 1. The lowest BCUT2D eigenvalue weighted by Crippen LogP contribution is -2.77. The molecule has 4 heterocycles. The number of ether oxygens (including phenoxy) is 3. The molecule has 7 nitrogen and oxygen atoms in total. The van der Waals surface area contributed by atoms with E-state index < -0.39 is 14.4 Å². The zero-order valence-corrected chi connectivity index (χ0v) is 32.1. The van der Waals surface area contributed by atoms with Crippen LogP contribution in [0.4, 0.5) is 0 Å². The van der Waals surface area contributed by atoms with Gasteiger partial charge in [0, 0.05) is 24.6 Å². The topological polar surface area (TPSA) is 60.5 Å². The van der Waals surface area contributed by atoms with E-state index in [0.29, 0.717) is 18.4 Å². The summed E-state index contributed by atoms with van der Waals surface area (Å²) in [6.07, 6.45) is 16.6. The first-order valence-corrected chi connectivity index (χ1v) is 22.4. The highest BCUT2D eigenvalue weighted by Gasteiger charge is 2.75. The summed E-state index contributed by atoms with van der Waals surface area (Å²) in [4.78, 5) is 19.2. The summed E-state index contributed by atoms with van der Waals surface area (Å²) in [6.45, 7) is 16.9. The van der Waals surface area contributed by atoms with Gasteiger partial charge < -0.3 is 23.4 Å². The summed E-state index contributed by atoms with van der Waals surface area (Å²) < 4.78 is 26.2. The Kier molecular flexibility index (Phi) is 11.5. The van der Waals surface area contributed by atoms with Crippen molar-refractivity contribution in [3.63, 3.8) is 0 Å². The van der Waals surface area contributed by atoms with Crippen LogP contribution >= 0.6 is 0 Å². The smallest absolute Gasteiger partial charge is 0.191 e. The number of hydrogen-bond donors (Lipinski definition) is 0. The molecule has 4 saturated heterocycles. The number of nitrogens with zero attached hydrogens (tertiary/aromatic N) is 2. The van der Waals surface area contributed by atoms with E-state index >= 15 is 0 Å². The summed E-state index contributed by atoms with van der Waals surface area (Å²) in [7, 11) is -0.128. The molecule has 1 saturated carbocycles. The van der Waals surface area contributed by atoms with Gasteiger partial charge in [-0.1, -0.05) is 77.8 Å². The third kappa shape index (κ3) is 6.97. The van der Waals surface area contributed by atoms with Crippen molar-refractivity contribution in [2.24, 2.45) is 17.3 Å². The van der Waals surface area contributed by atoms with Gasteiger partial charge in [0.15, 0.2) is 14.6 Å². The van der Waals surface area contributed by atoms with Gasteiger partial charge in [0.05, 0.1) is 25.9 Å². The zero-order chi connectivity index (χ0) is 34.0. The third-order valence-corrected chi connectivity index (χ3v) is 18.2. The molecule has 8 heteroatoms. The van der Waals surface area contributed by atoms with E-state index in [1.807, 2.05) is 12.1 Å². The molecule has 270 valence electrons. The molecule has 1 aromatic carbocycles. The van der Waals surface area contributed by atoms with Crippen LogP contribution in [-0.2, 0) is 25.3 Å². The van der Waals surface area contributed by atoms with Crippen LogP contribution < -0.4 is 4.74 Å². The standard InChI is InChI=1S/C40H66N2O5Si/c1-38(2,3)48(5,6)47-25-15-16-36-42-27-32-26-39(30-46-36)22-13-11-9-7-8-10-12-14-23-41-24-21-34(32)40(42,37(39)41)35(28-43)45-29-31-17-19-33(44-4)20-18-31/h17-20,28,32,34-37H,7-16,21-27,29-30H2,1-6H3/t32?,34?,35-,36+,37?,39?,40?/m1/s1. The van der Waals surface area contributed by atoms with E-state index in [1.165, 1.54) is 70.5 Å². The maximum absolute atomic E-state index is 13.6. The van der Waals surface area contributed by atoms with Gasteiger partial charge in [0.1, 0.15) is 18.1 Å². The lowest BCUT2D eigenvalue weighted by molar-refractivity contribution is -0.187.